The summed E-state index contributed by atoms with van der Waals surface area (Å²) in [6, 6.07) is 1.48. The van der Waals surface area contributed by atoms with Gasteiger partial charge in [-0.05, 0) is 32.1 Å². The van der Waals surface area contributed by atoms with Gasteiger partial charge in [0.1, 0.15) is 0 Å². The molecule has 1 N–H and O–H groups in total. The molecule has 0 aliphatic carbocycles. The lowest BCUT2D eigenvalue weighted by molar-refractivity contribution is -0.125. The van der Waals surface area contributed by atoms with Crippen LogP contribution in [0.4, 0.5) is 5.13 Å². The molecule has 136 valence electrons. The second-order valence-electron chi connectivity index (χ2n) is 7.07. The normalized spacial score (nSPS) is 18.1. The zero-order valence-electron chi connectivity index (χ0n) is 15.0. The Labute approximate surface area is 151 Å². The van der Waals surface area contributed by atoms with E-state index >= 15 is 0 Å². The van der Waals surface area contributed by atoms with Crippen LogP contribution in [0.1, 0.15) is 38.8 Å². The number of piperidine rings is 1. The van der Waals surface area contributed by atoms with E-state index in [1.54, 1.807) is 6.92 Å². The van der Waals surface area contributed by atoms with Crippen molar-refractivity contribution in [3.63, 3.8) is 0 Å². The molecule has 0 radical (unpaired) electrons. The molecule has 1 fully saturated rings. The molecule has 0 spiro atoms. The highest BCUT2D eigenvalue weighted by atomic mass is 32.1. The van der Waals surface area contributed by atoms with Crippen LogP contribution in [-0.4, -0.2) is 40.1 Å². The van der Waals surface area contributed by atoms with E-state index in [9.17, 15) is 9.59 Å². The third kappa shape index (κ3) is 4.18. The Morgan fingerprint density at radius 1 is 1.48 bits per heavy atom. The summed E-state index contributed by atoms with van der Waals surface area (Å²) >= 11 is 1.40. The van der Waals surface area contributed by atoms with Crippen molar-refractivity contribution in [2.75, 3.05) is 24.5 Å². The Hall–Kier alpha value is -1.96. The molecule has 1 atom stereocenters. The lowest BCUT2D eigenvalue weighted by Gasteiger charge is -2.31. The lowest BCUT2D eigenvalue weighted by atomic mass is 9.97. The molecule has 8 heteroatoms. The molecule has 0 aromatic carbocycles. The summed E-state index contributed by atoms with van der Waals surface area (Å²) in [5, 5.41) is 8.22. The molecular weight excluding hydrogens is 338 g/mol. The first-order valence-electron chi connectivity index (χ1n) is 8.84. The van der Waals surface area contributed by atoms with Crippen LogP contribution in [-0.2, 0) is 4.79 Å². The molecule has 2 aromatic heterocycles. The number of hydrogen-bond acceptors (Lipinski definition) is 6. The molecule has 1 unspecified atom stereocenters. The molecule has 1 saturated heterocycles. The first kappa shape index (κ1) is 17.8. The zero-order valence-corrected chi connectivity index (χ0v) is 15.8. The number of carbonyl (C=O) groups excluding carboxylic acids is 1. The molecule has 0 bridgehead atoms. The van der Waals surface area contributed by atoms with Gasteiger partial charge in [0, 0.05) is 31.4 Å². The Bertz CT molecular complexity index is 813. The minimum atomic E-state index is -0.162. The van der Waals surface area contributed by atoms with Crippen molar-refractivity contribution in [2.45, 2.75) is 40.0 Å². The smallest absolute Gasteiger partial charge is 0.275 e. The van der Waals surface area contributed by atoms with E-state index in [2.05, 4.69) is 34.1 Å². The average molecular weight is 363 g/mol. The highest BCUT2D eigenvalue weighted by Crippen LogP contribution is 2.26. The lowest BCUT2D eigenvalue weighted by Crippen LogP contribution is -2.43. The van der Waals surface area contributed by atoms with Crippen molar-refractivity contribution in [3.05, 3.63) is 22.1 Å². The Balaban J connectivity index is 1.70. The SMILES string of the molecule is Cc1cc(=O)n2nc(N3CCCC(C(=O)NCCC(C)C)C3)sc2n1. The standard InChI is InChI=1S/C17H25N5O2S/c1-11(2)6-7-18-15(24)13-5-4-8-21(10-13)17-20-22-14(23)9-12(3)19-16(22)25-17/h9,11,13H,4-8,10H2,1-3H3,(H,18,24). The van der Waals surface area contributed by atoms with Crippen LogP contribution in [0.15, 0.2) is 10.9 Å². The van der Waals surface area contributed by atoms with E-state index in [1.807, 2.05) is 0 Å². The summed E-state index contributed by atoms with van der Waals surface area (Å²) in [6.07, 6.45) is 2.83. The van der Waals surface area contributed by atoms with Crippen molar-refractivity contribution in [1.82, 2.24) is 19.9 Å². The quantitative estimate of drug-likeness (QED) is 0.877. The average Bonchev–Trinajstić information content (AvgIpc) is 2.99. The van der Waals surface area contributed by atoms with Crippen LogP contribution < -0.4 is 15.8 Å². The van der Waals surface area contributed by atoms with E-state index < -0.39 is 0 Å². The van der Waals surface area contributed by atoms with Gasteiger partial charge in [0.15, 0.2) is 0 Å². The molecule has 3 rings (SSSR count). The maximum atomic E-state index is 12.4. The summed E-state index contributed by atoms with van der Waals surface area (Å²) in [4.78, 5) is 31.5. The first-order chi connectivity index (χ1) is 11.9. The maximum Gasteiger partial charge on any atom is 0.275 e. The van der Waals surface area contributed by atoms with Gasteiger partial charge >= 0.3 is 0 Å². The van der Waals surface area contributed by atoms with Gasteiger partial charge in [0.05, 0.1) is 5.92 Å². The third-order valence-electron chi connectivity index (χ3n) is 4.45. The largest absolute Gasteiger partial charge is 0.356 e. The highest BCUT2D eigenvalue weighted by Gasteiger charge is 2.27. The maximum absolute atomic E-state index is 12.4. The van der Waals surface area contributed by atoms with Crippen LogP contribution in [0.2, 0.25) is 0 Å². The van der Waals surface area contributed by atoms with Crippen LogP contribution in [0.3, 0.4) is 0 Å². The minimum absolute atomic E-state index is 0.0284. The van der Waals surface area contributed by atoms with Crippen molar-refractivity contribution < 1.29 is 4.79 Å². The second kappa shape index (κ2) is 7.51. The molecule has 7 nitrogen and oxygen atoms in total. The predicted molar refractivity (Wildman–Crippen MR) is 99.3 cm³/mol. The summed E-state index contributed by atoms with van der Waals surface area (Å²) in [5.41, 5.74) is 0.534. The molecular formula is C17H25N5O2S. The molecule has 1 aliphatic heterocycles. The van der Waals surface area contributed by atoms with E-state index in [4.69, 9.17) is 0 Å². The summed E-state index contributed by atoms with van der Waals surface area (Å²) in [6.45, 7) is 8.33. The summed E-state index contributed by atoms with van der Waals surface area (Å²) < 4.78 is 1.35. The van der Waals surface area contributed by atoms with Gasteiger partial charge in [0.2, 0.25) is 16.0 Å². The number of nitrogens with zero attached hydrogens (tertiary/aromatic N) is 4. The zero-order chi connectivity index (χ0) is 18.0. The van der Waals surface area contributed by atoms with E-state index in [0.29, 0.717) is 23.1 Å². The van der Waals surface area contributed by atoms with E-state index in [-0.39, 0.29) is 17.4 Å². The number of hydrogen-bond donors (Lipinski definition) is 1. The van der Waals surface area contributed by atoms with Gasteiger partial charge < -0.3 is 10.2 Å². The highest BCUT2D eigenvalue weighted by molar-refractivity contribution is 7.20. The Morgan fingerprint density at radius 2 is 2.28 bits per heavy atom. The first-order valence-corrected chi connectivity index (χ1v) is 9.66. The fourth-order valence-corrected chi connectivity index (χ4v) is 4.02. The van der Waals surface area contributed by atoms with Crippen molar-refractivity contribution in [2.24, 2.45) is 11.8 Å². The van der Waals surface area contributed by atoms with Gasteiger partial charge in [-0.3, -0.25) is 9.59 Å². The van der Waals surface area contributed by atoms with Gasteiger partial charge in [-0.25, -0.2) is 4.98 Å². The van der Waals surface area contributed by atoms with Crippen LogP contribution >= 0.6 is 11.3 Å². The summed E-state index contributed by atoms with van der Waals surface area (Å²) in [5.74, 6) is 0.678. The summed E-state index contributed by atoms with van der Waals surface area (Å²) in [7, 11) is 0. The molecule has 0 saturated carbocycles. The minimum Gasteiger partial charge on any atom is -0.356 e. The second-order valence-corrected chi connectivity index (χ2v) is 8.01. The van der Waals surface area contributed by atoms with Crippen molar-refractivity contribution in [3.8, 4) is 0 Å². The number of nitrogens with one attached hydrogen (secondary N) is 1. The third-order valence-corrected chi connectivity index (χ3v) is 5.42. The van der Waals surface area contributed by atoms with Gasteiger partial charge in [-0.2, -0.15) is 4.52 Å². The fourth-order valence-electron chi connectivity index (χ4n) is 3.03. The van der Waals surface area contributed by atoms with Crippen molar-refractivity contribution >= 4 is 27.3 Å². The molecule has 2 aromatic rings. The van der Waals surface area contributed by atoms with E-state index in [1.165, 1.54) is 21.9 Å². The van der Waals surface area contributed by atoms with Gasteiger partial charge in [-0.15, -0.1) is 5.10 Å². The van der Waals surface area contributed by atoms with Gasteiger partial charge in [0.25, 0.3) is 5.56 Å². The number of rotatable bonds is 5. The number of fused-ring (bicyclic) bond motifs is 1. The number of aryl methyl sites for hydroxylation is 1. The fraction of sp³-hybridized carbons (Fsp3) is 0.647. The Morgan fingerprint density at radius 3 is 3.04 bits per heavy atom. The topological polar surface area (TPSA) is 79.6 Å². The van der Waals surface area contributed by atoms with Crippen LogP contribution in [0, 0.1) is 18.8 Å². The number of amides is 1. The monoisotopic (exact) mass is 363 g/mol. The van der Waals surface area contributed by atoms with Crippen LogP contribution in [0.5, 0.6) is 0 Å². The molecule has 25 heavy (non-hydrogen) atoms. The Kier molecular flexibility index (Phi) is 5.36. The van der Waals surface area contributed by atoms with Gasteiger partial charge in [-0.1, -0.05) is 25.2 Å². The number of anilines is 1. The number of aromatic nitrogens is 3. The molecule has 1 aliphatic rings. The van der Waals surface area contributed by atoms with Crippen molar-refractivity contribution in [1.29, 1.82) is 0 Å². The molecule has 1 amide bonds. The molecule has 3 heterocycles. The predicted octanol–water partition coefficient (Wildman–Crippen LogP) is 1.84. The number of carbonyl (C=O) groups is 1. The van der Waals surface area contributed by atoms with E-state index in [0.717, 1.165) is 37.5 Å². The van der Waals surface area contributed by atoms with Crippen LogP contribution in [0.25, 0.3) is 4.96 Å².